The summed E-state index contributed by atoms with van der Waals surface area (Å²) >= 11 is 0. The van der Waals surface area contributed by atoms with Crippen molar-refractivity contribution in [3.8, 4) is 11.9 Å². The molecule has 120 valence electrons. The van der Waals surface area contributed by atoms with E-state index in [-0.39, 0.29) is 0 Å². The van der Waals surface area contributed by atoms with Crippen molar-refractivity contribution in [3.05, 3.63) is 36.3 Å². The fraction of sp³-hybridized carbons (Fsp3) is 0.500. The van der Waals surface area contributed by atoms with E-state index in [0.29, 0.717) is 24.0 Å². The van der Waals surface area contributed by atoms with Crippen molar-refractivity contribution in [2.75, 3.05) is 26.2 Å². The van der Waals surface area contributed by atoms with Crippen molar-refractivity contribution in [2.45, 2.75) is 19.4 Å². The SMILES string of the molecule is N#Cc1cccnc1OCC1CCN(CCn2nccn2)CC1. The lowest BCUT2D eigenvalue weighted by atomic mass is 9.98. The number of likely N-dealkylation sites (tertiary alicyclic amines) is 1. The molecule has 3 rings (SSSR count). The van der Waals surface area contributed by atoms with Gasteiger partial charge in [0.15, 0.2) is 0 Å². The largest absolute Gasteiger partial charge is 0.476 e. The van der Waals surface area contributed by atoms with E-state index in [1.165, 1.54) is 0 Å². The Kier molecular flexibility index (Phi) is 5.17. The van der Waals surface area contributed by atoms with Crippen LogP contribution in [0.1, 0.15) is 18.4 Å². The third-order valence-corrected chi connectivity index (χ3v) is 4.14. The highest BCUT2D eigenvalue weighted by molar-refractivity contribution is 5.36. The molecule has 1 aliphatic heterocycles. The van der Waals surface area contributed by atoms with Gasteiger partial charge >= 0.3 is 0 Å². The summed E-state index contributed by atoms with van der Waals surface area (Å²) in [7, 11) is 0. The van der Waals surface area contributed by atoms with Crippen molar-refractivity contribution in [1.29, 1.82) is 5.26 Å². The first-order chi connectivity index (χ1) is 11.3. The Hall–Kier alpha value is -2.46. The lowest BCUT2D eigenvalue weighted by Gasteiger charge is -2.31. The summed E-state index contributed by atoms with van der Waals surface area (Å²) in [5, 5.41) is 17.3. The summed E-state index contributed by atoms with van der Waals surface area (Å²) in [6.45, 7) is 4.54. The Morgan fingerprint density at radius 3 is 2.70 bits per heavy atom. The number of piperidine rings is 1. The van der Waals surface area contributed by atoms with Crippen LogP contribution in [0.25, 0.3) is 0 Å². The standard InChI is InChI=1S/C16H20N6O/c17-12-15-2-1-5-18-16(15)23-13-14-3-8-21(9-4-14)10-11-22-19-6-7-20-22/h1-2,5-7,14H,3-4,8-11,13H2. The third-order valence-electron chi connectivity index (χ3n) is 4.14. The van der Waals surface area contributed by atoms with E-state index >= 15 is 0 Å². The number of hydrogen-bond donors (Lipinski definition) is 0. The van der Waals surface area contributed by atoms with Gasteiger partial charge in [-0.2, -0.15) is 20.3 Å². The molecule has 23 heavy (non-hydrogen) atoms. The van der Waals surface area contributed by atoms with Crippen LogP contribution in [-0.4, -0.2) is 51.1 Å². The zero-order valence-corrected chi connectivity index (χ0v) is 13.0. The van der Waals surface area contributed by atoms with Gasteiger partial charge in [-0.05, 0) is 44.0 Å². The maximum atomic E-state index is 9.04. The van der Waals surface area contributed by atoms with E-state index < -0.39 is 0 Å². The molecule has 0 aliphatic carbocycles. The maximum absolute atomic E-state index is 9.04. The second-order valence-electron chi connectivity index (χ2n) is 5.69. The van der Waals surface area contributed by atoms with Gasteiger partial charge in [-0.3, -0.25) is 0 Å². The number of rotatable bonds is 6. The first-order valence-corrected chi connectivity index (χ1v) is 7.89. The van der Waals surface area contributed by atoms with E-state index in [1.807, 2.05) is 0 Å². The van der Waals surface area contributed by atoms with Gasteiger partial charge in [0.05, 0.1) is 25.5 Å². The highest BCUT2D eigenvalue weighted by atomic mass is 16.5. The van der Waals surface area contributed by atoms with Crippen molar-refractivity contribution in [1.82, 2.24) is 24.9 Å². The summed E-state index contributed by atoms with van der Waals surface area (Å²) in [6, 6.07) is 5.59. The molecule has 1 saturated heterocycles. The van der Waals surface area contributed by atoms with Crippen LogP contribution in [0, 0.1) is 17.2 Å². The average molecular weight is 312 g/mol. The Labute approximate surface area is 135 Å². The molecule has 0 amide bonds. The minimum Gasteiger partial charge on any atom is -0.476 e. The fourth-order valence-electron chi connectivity index (χ4n) is 2.75. The van der Waals surface area contributed by atoms with Crippen molar-refractivity contribution >= 4 is 0 Å². The van der Waals surface area contributed by atoms with Gasteiger partial charge in [-0.25, -0.2) is 4.98 Å². The first-order valence-electron chi connectivity index (χ1n) is 7.89. The maximum Gasteiger partial charge on any atom is 0.231 e. The van der Waals surface area contributed by atoms with Gasteiger partial charge in [-0.15, -0.1) is 0 Å². The quantitative estimate of drug-likeness (QED) is 0.800. The molecule has 3 heterocycles. The molecular formula is C16H20N6O. The highest BCUT2D eigenvalue weighted by Crippen LogP contribution is 2.20. The van der Waals surface area contributed by atoms with Crippen LogP contribution in [-0.2, 0) is 6.54 Å². The number of nitrogens with zero attached hydrogens (tertiary/aromatic N) is 6. The van der Waals surface area contributed by atoms with Crippen molar-refractivity contribution < 1.29 is 4.74 Å². The molecule has 1 aliphatic rings. The molecule has 0 saturated carbocycles. The number of pyridine rings is 1. The molecule has 7 nitrogen and oxygen atoms in total. The fourth-order valence-corrected chi connectivity index (χ4v) is 2.75. The lowest BCUT2D eigenvalue weighted by Crippen LogP contribution is -2.37. The molecule has 0 unspecified atom stereocenters. The topological polar surface area (TPSA) is 79.9 Å². The second-order valence-corrected chi connectivity index (χ2v) is 5.69. The van der Waals surface area contributed by atoms with Gasteiger partial charge in [-0.1, -0.05) is 0 Å². The van der Waals surface area contributed by atoms with E-state index in [0.717, 1.165) is 39.0 Å². The van der Waals surface area contributed by atoms with E-state index in [2.05, 4.69) is 26.2 Å². The number of hydrogen-bond acceptors (Lipinski definition) is 6. The lowest BCUT2D eigenvalue weighted by molar-refractivity contribution is 0.134. The Morgan fingerprint density at radius 2 is 1.96 bits per heavy atom. The summed E-state index contributed by atoms with van der Waals surface area (Å²) in [4.78, 5) is 8.29. The van der Waals surface area contributed by atoms with Crippen LogP contribution in [0.4, 0.5) is 0 Å². The third kappa shape index (κ3) is 4.27. The summed E-state index contributed by atoms with van der Waals surface area (Å²) in [6.07, 6.45) is 7.26. The zero-order valence-electron chi connectivity index (χ0n) is 13.0. The van der Waals surface area contributed by atoms with Crippen molar-refractivity contribution in [2.24, 2.45) is 5.92 Å². The Morgan fingerprint density at radius 1 is 1.17 bits per heavy atom. The predicted octanol–water partition coefficient (Wildman–Crippen LogP) is 1.34. The van der Waals surface area contributed by atoms with Gasteiger partial charge in [0.2, 0.25) is 5.88 Å². The normalized spacial score (nSPS) is 16.1. The predicted molar refractivity (Wildman–Crippen MR) is 83.6 cm³/mol. The monoisotopic (exact) mass is 312 g/mol. The summed E-state index contributed by atoms with van der Waals surface area (Å²) in [5.41, 5.74) is 0.497. The smallest absolute Gasteiger partial charge is 0.231 e. The molecule has 0 spiro atoms. The Balaban J connectivity index is 1.40. The summed E-state index contributed by atoms with van der Waals surface area (Å²) < 4.78 is 5.75. The first kappa shape index (κ1) is 15.4. The number of aromatic nitrogens is 4. The molecule has 2 aromatic heterocycles. The van der Waals surface area contributed by atoms with Crippen LogP contribution in [0.2, 0.25) is 0 Å². The van der Waals surface area contributed by atoms with E-state index in [9.17, 15) is 0 Å². The van der Waals surface area contributed by atoms with Crippen LogP contribution in [0.3, 0.4) is 0 Å². The molecule has 0 N–H and O–H groups in total. The van der Waals surface area contributed by atoms with E-state index in [4.69, 9.17) is 10.00 Å². The molecular weight excluding hydrogens is 292 g/mol. The van der Waals surface area contributed by atoms with Gasteiger partial charge in [0.25, 0.3) is 0 Å². The minimum atomic E-state index is 0.446. The average Bonchev–Trinajstić information content (AvgIpc) is 3.13. The number of ether oxygens (including phenoxy) is 1. The Bertz CT molecular complexity index is 643. The molecule has 0 bridgehead atoms. The van der Waals surface area contributed by atoms with Crippen molar-refractivity contribution in [3.63, 3.8) is 0 Å². The summed E-state index contributed by atoms with van der Waals surface area (Å²) in [5.74, 6) is 0.963. The molecule has 7 heteroatoms. The van der Waals surface area contributed by atoms with Gasteiger partial charge in [0.1, 0.15) is 11.6 Å². The zero-order chi connectivity index (χ0) is 15.9. The molecule has 0 aromatic carbocycles. The number of nitriles is 1. The van der Waals surface area contributed by atoms with E-state index in [1.54, 1.807) is 35.5 Å². The van der Waals surface area contributed by atoms with Crippen LogP contribution < -0.4 is 4.74 Å². The van der Waals surface area contributed by atoms with Crippen LogP contribution in [0.5, 0.6) is 5.88 Å². The van der Waals surface area contributed by atoms with Crippen LogP contribution >= 0.6 is 0 Å². The molecule has 1 fully saturated rings. The minimum absolute atomic E-state index is 0.446. The molecule has 0 atom stereocenters. The highest BCUT2D eigenvalue weighted by Gasteiger charge is 2.20. The van der Waals surface area contributed by atoms with Crippen LogP contribution in [0.15, 0.2) is 30.7 Å². The molecule has 0 radical (unpaired) electrons. The van der Waals surface area contributed by atoms with Gasteiger partial charge in [0, 0.05) is 12.7 Å². The van der Waals surface area contributed by atoms with Gasteiger partial charge < -0.3 is 9.64 Å². The second kappa shape index (κ2) is 7.70. The molecule has 2 aromatic rings.